The van der Waals surface area contributed by atoms with Gasteiger partial charge >= 0.3 is 0 Å². The molecule has 2 aromatic carbocycles. The van der Waals surface area contributed by atoms with Gasteiger partial charge in [0.2, 0.25) is 15.2 Å². The Morgan fingerprint density at radius 2 is 2.00 bits per heavy atom. The van der Waals surface area contributed by atoms with Crippen molar-refractivity contribution in [2.45, 2.75) is 24.7 Å². The van der Waals surface area contributed by atoms with Crippen LogP contribution in [0.5, 0.6) is 0 Å². The fraction of sp³-hybridized carbons (Fsp3) is 0.300. The van der Waals surface area contributed by atoms with Crippen LogP contribution >= 0.6 is 22.9 Å². The first-order valence-corrected chi connectivity index (χ1v) is 12.2. The number of thiazole rings is 1. The molecule has 1 atom stereocenters. The third kappa shape index (κ3) is 4.44. The molecule has 2 heterocycles. The number of sulfonamides is 1. The zero-order valence-electron chi connectivity index (χ0n) is 16.3. The van der Waals surface area contributed by atoms with E-state index in [0.29, 0.717) is 34.7 Å². The molecule has 3 aromatic rings. The summed E-state index contributed by atoms with van der Waals surface area (Å²) >= 11 is 7.34. The molecule has 0 aliphatic carbocycles. The van der Waals surface area contributed by atoms with Crippen LogP contribution < -0.4 is 10.9 Å². The number of benzene rings is 2. The quantitative estimate of drug-likeness (QED) is 0.554. The van der Waals surface area contributed by atoms with Gasteiger partial charge in [-0.25, -0.2) is 13.4 Å². The second-order valence-corrected chi connectivity index (χ2v) is 10.8. The molecule has 30 heavy (non-hydrogen) atoms. The molecule has 158 valence electrons. The summed E-state index contributed by atoms with van der Waals surface area (Å²) < 4.78 is 28.1. The van der Waals surface area contributed by atoms with E-state index in [9.17, 15) is 13.2 Å². The Kier molecular flexibility index (Phi) is 5.97. The van der Waals surface area contributed by atoms with E-state index in [1.165, 1.54) is 39.9 Å². The van der Waals surface area contributed by atoms with E-state index in [0.717, 1.165) is 23.1 Å². The number of nitrogens with zero attached hydrogens (tertiary/aromatic N) is 2. The van der Waals surface area contributed by atoms with E-state index < -0.39 is 10.0 Å². The number of nitrogens with one attached hydrogen (secondary N) is 2. The van der Waals surface area contributed by atoms with Gasteiger partial charge in [0.15, 0.2) is 0 Å². The maximum absolute atomic E-state index is 12.8. The Morgan fingerprint density at radius 1 is 1.23 bits per heavy atom. The molecule has 10 heteroatoms. The summed E-state index contributed by atoms with van der Waals surface area (Å²) in [6, 6.07) is 11.3. The normalized spacial score (nSPS) is 17.7. The van der Waals surface area contributed by atoms with Gasteiger partial charge in [-0.05, 0) is 61.2 Å². The van der Waals surface area contributed by atoms with E-state index in [1.807, 2.05) is 12.1 Å². The van der Waals surface area contributed by atoms with Gasteiger partial charge < -0.3 is 0 Å². The standard InChI is InChI=1S/C20H21ClN4O3S2/c1-13-3-2-10-25(12-13)30(27,28)16-7-4-14(5-8-16)19(26)23-24-20-22-17-9-6-15(21)11-18(17)29-20/h4-9,11,13H,2-3,10,12H2,1H3,(H,22,24)(H,23,26). The SMILES string of the molecule is CC1CCCN(S(=O)(=O)c2ccc(C(=O)NNc3nc4ccc(Cl)cc4s3)cc2)C1. The number of hydrazine groups is 1. The summed E-state index contributed by atoms with van der Waals surface area (Å²) in [5.41, 5.74) is 6.50. The van der Waals surface area contributed by atoms with Crippen LogP contribution in [0.4, 0.5) is 5.13 Å². The number of halogens is 1. The van der Waals surface area contributed by atoms with Crippen molar-refractivity contribution in [3.8, 4) is 0 Å². The molecule has 0 radical (unpaired) electrons. The summed E-state index contributed by atoms with van der Waals surface area (Å²) in [5.74, 6) is -0.0361. The summed E-state index contributed by atoms with van der Waals surface area (Å²) in [6.45, 7) is 3.12. The van der Waals surface area contributed by atoms with Gasteiger partial charge in [0, 0.05) is 23.7 Å². The molecule has 1 unspecified atom stereocenters. The van der Waals surface area contributed by atoms with Crippen LogP contribution in [0.2, 0.25) is 5.02 Å². The lowest BCUT2D eigenvalue weighted by Crippen LogP contribution is -2.39. The lowest BCUT2D eigenvalue weighted by atomic mass is 10.0. The fourth-order valence-corrected chi connectivity index (χ4v) is 6.12. The Balaban J connectivity index is 1.42. The van der Waals surface area contributed by atoms with Crippen LogP contribution in [0.1, 0.15) is 30.1 Å². The second kappa shape index (κ2) is 8.50. The molecular weight excluding hydrogens is 444 g/mol. The molecule has 2 N–H and O–H groups in total. The third-order valence-corrected chi connectivity index (χ3v) is 8.06. The average molecular weight is 465 g/mol. The number of rotatable bonds is 5. The minimum atomic E-state index is -3.54. The topological polar surface area (TPSA) is 91.4 Å². The Morgan fingerprint density at radius 3 is 2.73 bits per heavy atom. The van der Waals surface area contributed by atoms with Crippen LogP contribution in [-0.4, -0.2) is 36.7 Å². The highest BCUT2D eigenvalue weighted by molar-refractivity contribution is 7.89. The minimum absolute atomic E-state index is 0.198. The molecule has 0 saturated carbocycles. The Bertz CT molecular complexity index is 1180. The first-order chi connectivity index (χ1) is 14.3. The highest BCUT2D eigenvalue weighted by Gasteiger charge is 2.28. The van der Waals surface area contributed by atoms with Gasteiger partial charge in [-0.2, -0.15) is 4.31 Å². The monoisotopic (exact) mass is 464 g/mol. The molecule has 4 rings (SSSR count). The molecule has 0 bridgehead atoms. The van der Waals surface area contributed by atoms with E-state index in [-0.39, 0.29) is 10.8 Å². The van der Waals surface area contributed by atoms with Crippen molar-refractivity contribution in [2.24, 2.45) is 5.92 Å². The zero-order chi connectivity index (χ0) is 21.3. The van der Waals surface area contributed by atoms with Gasteiger partial charge in [0.1, 0.15) is 0 Å². The molecule has 1 amide bonds. The van der Waals surface area contributed by atoms with Crippen molar-refractivity contribution in [1.29, 1.82) is 0 Å². The van der Waals surface area contributed by atoms with Crippen LogP contribution in [0, 0.1) is 5.92 Å². The predicted octanol–water partition coefficient (Wildman–Crippen LogP) is 4.13. The van der Waals surface area contributed by atoms with Crippen LogP contribution in [-0.2, 0) is 10.0 Å². The number of piperidine rings is 1. The second-order valence-electron chi connectivity index (χ2n) is 7.35. The van der Waals surface area contributed by atoms with Crippen LogP contribution in [0.15, 0.2) is 47.4 Å². The number of carbonyl (C=O) groups excluding carboxylic acids is 1. The van der Waals surface area contributed by atoms with E-state index in [2.05, 4.69) is 22.8 Å². The van der Waals surface area contributed by atoms with Gasteiger partial charge in [-0.3, -0.25) is 15.6 Å². The predicted molar refractivity (Wildman–Crippen MR) is 119 cm³/mol. The first kappa shape index (κ1) is 21.0. The Hall–Kier alpha value is -2.20. The van der Waals surface area contributed by atoms with Crippen LogP contribution in [0.25, 0.3) is 10.2 Å². The van der Waals surface area contributed by atoms with Crippen molar-refractivity contribution in [1.82, 2.24) is 14.7 Å². The highest BCUT2D eigenvalue weighted by atomic mass is 35.5. The number of carbonyl (C=O) groups is 1. The number of hydrogen-bond donors (Lipinski definition) is 2. The molecule has 0 spiro atoms. The lowest BCUT2D eigenvalue weighted by molar-refractivity contribution is 0.0962. The molecule has 1 saturated heterocycles. The summed E-state index contributed by atoms with van der Waals surface area (Å²) in [4.78, 5) is 17.0. The number of fused-ring (bicyclic) bond motifs is 1. The van der Waals surface area contributed by atoms with Crippen molar-refractivity contribution >= 4 is 54.2 Å². The highest BCUT2D eigenvalue weighted by Crippen LogP contribution is 2.28. The summed E-state index contributed by atoms with van der Waals surface area (Å²) in [5, 5.41) is 1.15. The van der Waals surface area contributed by atoms with E-state index in [4.69, 9.17) is 11.6 Å². The third-order valence-electron chi connectivity index (χ3n) is 5.01. The molecule has 7 nitrogen and oxygen atoms in total. The number of aromatic nitrogens is 1. The zero-order valence-corrected chi connectivity index (χ0v) is 18.6. The lowest BCUT2D eigenvalue weighted by Gasteiger charge is -2.30. The first-order valence-electron chi connectivity index (χ1n) is 9.55. The molecular formula is C20H21ClN4O3S2. The van der Waals surface area contributed by atoms with Crippen molar-refractivity contribution < 1.29 is 13.2 Å². The largest absolute Gasteiger partial charge is 0.273 e. The molecule has 1 fully saturated rings. The summed E-state index contributed by atoms with van der Waals surface area (Å²) in [6.07, 6.45) is 1.91. The van der Waals surface area contributed by atoms with E-state index in [1.54, 1.807) is 6.07 Å². The molecule has 1 aliphatic rings. The van der Waals surface area contributed by atoms with Crippen molar-refractivity contribution in [3.05, 3.63) is 53.1 Å². The number of hydrogen-bond acceptors (Lipinski definition) is 6. The molecule has 1 aliphatic heterocycles. The smallest absolute Gasteiger partial charge is 0.269 e. The fourth-order valence-electron chi connectivity index (χ4n) is 3.43. The average Bonchev–Trinajstić information content (AvgIpc) is 3.14. The number of anilines is 1. The van der Waals surface area contributed by atoms with Gasteiger partial charge in [-0.1, -0.05) is 29.9 Å². The van der Waals surface area contributed by atoms with Crippen molar-refractivity contribution in [3.63, 3.8) is 0 Å². The summed E-state index contributed by atoms with van der Waals surface area (Å²) in [7, 11) is -3.54. The van der Waals surface area contributed by atoms with Crippen LogP contribution in [0.3, 0.4) is 0 Å². The van der Waals surface area contributed by atoms with E-state index >= 15 is 0 Å². The Labute approximate surface area is 184 Å². The molecule has 1 aromatic heterocycles. The van der Waals surface area contributed by atoms with Gasteiger partial charge in [0.05, 0.1) is 15.1 Å². The number of amides is 1. The van der Waals surface area contributed by atoms with Gasteiger partial charge in [0.25, 0.3) is 5.91 Å². The van der Waals surface area contributed by atoms with Crippen molar-refractivity contribution in [2.75, 3.05) is 18.5 Å². The minimum Gasteiger partial charge on any atom is -0.273 e. The maximum Gasteiger partial charge on any atom is 0.269 e. The maximum atomic E-state index is 12.8. The van der Waals surface area contributed by atoms with Gasteiger partial charge in [-0.15, -0.1) is 0 Å².